The highest BCUT2D eigenvalue weighted by molar-refractivity contribution is 6.00. The van der Waals surface area contributed by atoms with Crippen molar-refractivity contribution < 1.29 is 14.3 Å². The van der Waals surface area contributed by atoms with Gasteiger partial charge in [0.1, 0.15) is 6.61 Å². The molecule has 0 aliphatic carbocycles. The molecule has 0 heterocycles. The summed E-state index contributed by atoms with van der Waals surface area (Å²) in [6.07, 6.45) is -0.551. The quantitative estimate of drug-likeness (QED) is 0.755. The molecule has 21 heavy (non-hydrogen) atoms. The molecule has 2 aromatic rings. The predicted octanol–water partition coefficient (Wildman–Crippen LogP) is 2.32. The standard InChI is InChI=1S/C15H17N3O3/c1-16-14(19)17-9-10-21-15(20)18-13-8-4-6-11-5-2-3-7-12(11)13/h2-8H,9-10H2,1H3,(H,18,20)(H2,16,17,19). The zero-order valence-corrected chi connectivity index (χ0v) is 11.7. The summed E-state index contributed by atoms with van der Waals surface area (Å²) in [5, 5.41) is 9.61. The lowest BCUT2D eigenvalue weighted by molar-refractivity contribution is 0.162. The number of carbonyl (C=O) groups is 2. The van der Waals surface area contributed by atoms with Gasteiger partial charge in [0.05, 0.1) is 12.2 Å². The first-order chi connectivity index (χ1) is 10.2. The van der Waals surface area contributed by atoms with Gasteiger partial charge in [0.25, 0.3) is 0 Å². The Morgan fingerprint density at radius 1 is 1.10 bits per heavy atom. The summed E-state index contributed by atoms with van der Waals surface area (Å²) >= 11 is 0. The molecule has 0 radical (unpaired) electrons. The van der Waals surface area contributed by atoms with Gasteiger partial charge in [-0.25, -0.2) is 9.59 Å². The minimum absolute atomic E-state index is 0.101. The summed E-state index contributed by atoms with van der Waals surface area (Å²) < 4.78 is 5.00. The van der Waals surface area contributed by atoms with Crippen LogP contribution < -0.4 is 16.0 Å². The van der Waals surface area contributed by atoms with Crippen LogP contribution in [0.3, 0.4) is 0 Å². The number of hydrogen-bond acceptors (Lipinski definition) is 3. The molecule has 0 saturated heterocycles. The van der Waals surface area contributed by atoms with Gasteiger partial charge in [-0.2, -0.15) is 0 Å². The molecule has 0 fully saturated rings. The van der Waals surface area contributed by atoms with Crippen LogP contribution >= 0.6 is 0 Å². The number of amides is 3. The van der Waals surface area contributed by atoms with Crippen LogP contribution in [0.15, 0.2) is 42.5 Å². The first-order valence-corrected chi connectivity index (χ1v) is 6.58. The Kier molecular flexibility index (Phi) is 4.98. The number of nitrogens with one attached hydrogen (secondary N) is 3. The molecule has 3 amide bonds. The van der Waals surface area contributed by atoms with E-state index in [0.29, 0.717) is 5.69 Å². The maximum absolute atomic E-state index is 11.7. The van der Waals surface area contributed by atoms with E-state index < -0.39 is 6.09 Å². The average Bonchev–Trinajstić information content (AvgIpc) is 2.51. The third-order valence-corrected chi connectivity index (χ3v) is 2.87. The molecule has 0 atom stereocenters. The van der Waals surface area contributed by atoms with Crippen molar-refractivity contribution in [2.75, 3.05) is 25.5 Å². The number of benzene rings is 2. The highest BCUT2D eigenvalue weighted by Crippen LogP contribution is 2.22. The lowest BCUT2D eigenvalue weighted by Gasteiger charge is -2.10. The summed E-state index contributed by atoms with van der Waals surface area (Å²) in [4.78, 5) is 22.6. The van der Waals surface area contributed by atoms with E-state index in [1.807, 2.05) is 42.5 Å². The van der Waals surface area contributed by atoms with Crippen molar-refractivity contribution in [2.45, 2.75) is 0 Å². The summed E-state index contributed by atoms with van der Waals surface area (Å²) in [6.45, 7) is 0.354. The molecule has 110 valence electrons. The first kappa shape index (κ1) is 14.6. The largest absolute Gasteiger partial charge is 0.447 e. The average molecular weight is 287 g/mol. The molecule has 2 aromatic carbocycles. The number of fused-ring (bicyclic) bond motifs is 1. The van der Waals surface area contributed by atoms with Crippen molar-refractivity contribution >= 4 is 28.6 Å². The highest BCUT2D eigenvalue weighted by Gasteiger charge is 2.06. The Labute approximate surface area is 122 Å². The zero-order valence-electron chi connectivity index (χ0n) is 11.7. The summed E-state index contributed by atoms with van der Waals surface area (Å²) in [5.74, 6) is 0. The van der Waals surface area contributed by atoms with Crippen LogP contribution in [0.1, 0.15) is 0 Å². The van der Waals surface area contributed by atoms with Crippen LogP contribution in [0.25, 0.3) is 10.8 Å². The van der Waals surface area contributed by atoms with Crippen molar-refractivity contribution in [2.24, 2.45) is 0 Å². The summed E-state index contributed by atoms with van der Waals surface area (Å²) in [5.41, 5.74) is 0.692. The molecule has 6 heteroatoms. The Morgan fingerprint density at radius 2 is 1.86 bits per heavy atom. The van der Waals surface area contributed by atoms with Gasteiger partial charge in [0, 0.05) is 12.4 Å². The first-order valence-electron chi connectivity index (χ1n) is 6.58. The van der Waals surface area contributed by atoms with Gasteiger partial charge in [0.2, 0.25) is 0 Å². The van der Waals surface area contributed by atoms with Crippen LogP contribution in [-0.2, 0) is 4.74 Å². The molecule has 2 rings (SSSR count). The monoisotopic (exact) mass is 287 g/mol. The number of anilines is 1. The normalized spacial score (nSPS) is 9.95. The fraction of sp³-hybridized carbons (Fsp3) is 0.200. The minimum Gasteiger partial charge on any atom is -0.447 e. The zero-order chi connectivity index (χ0) is 15.1. The predicted molar refractivity (Wildman–Crippen MR) is 81.4 cm³/mol. The van der Waals surface area contributed by atoms with Crippen LogP contribution in [0.4, 0.5) is 15.3 Å². The number of ether oxygens (including phenoxy) is 1. The maximum atomic E-state index is 11.7. The lowest BCUT2D eigenvalue weighted by Crippen LogP contribution is -2.35. The van der Waals surface area contributed by atoms with Crippen molar-refractivity contribution in [3.8, 4) is 0 Å². The van der Waals surface area contributed by atoms with E-state index in [1.54, 1.807) is 0 Å². The van der Waals surface area contributed by atoms with E-state index >= 15 is 0 Å². The van der Waals surface area contributed by atoms with E-state index in [-0.39, 0.29) is 19.2 Å². The van der Waals surface area contributed by atoms with Crippen LogP contribution in [0.2, 0.25) is 0 Å². The Balaban J connectivity index is 1.88. The van der Waals surface area contributed by atoms with Gasteiger partial charge >= 0.3 is 12.1 Å². The number of hydrogen-bond donors (Lipinski definition) is 3. The molecular weight excluding hydrogens is 270 g/mol. The fourth-order valence-electron chi connectivity index (χ4n) is 1.88. The van der Waals surface area contributed by atoms with E-state index in [0.717, 1.165) is 10.8 Å². The molecule has 0 bridgehead atoms. The fourth-order valence-corrected chi connectivity index (χ4v) is 1.88. The van der Waals surface area contributed by atoms with Gasteiger partial charge < -0.3 is 15.4 Å². The van der Waals surface area contributed by atoms with Crippen LogP contribution in [0, 0.1) is 0 Å². The van der Waals surface area contributed by atoms with Gasteiger partial charge in [-0.1, -0.05) is 36.4 Å². The van der Waals surface area contributed by atoms with Crippen LogP contribution in [0.5, 0.6) is 0 Å². The van der Waals surface area contributed by atoms with E-state index in [9.17, 15) is 9.59 Å². The second-order valence-corrected chi connectivity index (χ2v) is 4.29. The van der Waals surface area contributed by atoms with Gasteiger partial charge in [0.15, 0.2) is 0 Å². The van der Waals surface area contributed by atoms with Gasteiger partial charge in [-0.15, -0.1) is 0 Å². The van der Waals surface area contributed by atoms with Crippen LogP contribution in [-0.4, -0.2) is 32.3 Å². The molecule has 0 aliphatic rings. The SMILES string of the molecule is CNC(=O)NCCOC(=O)Nc1cccc2ccccc12. The molecule has 0 aromatic heterocycles. The minimum atomic E-state index is -0.551. The molecule has 0 unspecified atom stereocenters. The Bertz CT molecular complexity index is 638. The van der Waals surface area contributed by atoms with Crippen molar-refractivity contribution in [1.29, 1.82) is 0 Å². The summed E-state index contributed by atoms with van der Waals surface area (Å²) in [7, 11) is 1.52. The van der Waals surface area contributed by atoms with Crippen molar-refractivity contribution in [1.82, 2.24) is 10.6 Å². The van der Waals surface area contributed by atoms with Crippen molar-refractivity contribution in [3.63, 3.8) is 0 Å². The molecule has 0 saturated carbocycles. The third kappa shape index (κ3) is 4.10. The lowest BCUT2D eigenvalue weighted by atomic mass is 10.1. The number of urea groups is 1. The second kappa shape index (κ2) is 7.14. The number of carbonyl (C=O) groups excluding carboxylic acids is 2. The topological polar surface area (TPSA) is 79.5 Å². The third-order valence-electron chi connectivity index (χ3n) is 2.87. The summed E-state index contributed by atoms with van der Waals surface area (Å²) in [6, 6.07) is 13.1. The van der Waals surface area contributed by atoms with E-state index in [2.05, 4.69) is 16.0 Å². The molecule has 0 spiro atoms. The molecule has 0 aliphatic heterocycles. The smallest absolute Gasteiger partial charge is 0.411 e. The van der Waals surface area contributed by atoms with E-state index in [4.69, 9.17) is 4.74 Å². The highest BCUT2D eigenvalue weighted by atomic mass is 16.5. The number of rotatable bonds is 4. The van der Waals surface area contributed by atoms with Crippen molar-refractivity contribution in [3.05, 3.63) is 42.5 Å². The Hall–Kier alpha value is -2.76. The molecule has 3 N–H and O–H groups in total. The van der Waals surface area contributed by atoms with E-state index in [1.165, 1.54) is 7.05 Å². The van der Waals surface area contributed by atoms with Gasteiger partial charge in [-0.3, -0.25) is 5.32 Å². The van der Waals surface area contributed by atoms with Gasteiger partial charge in [-0.05, 0) is 11.5 Å². The molecular formula is C15H17N3O3. The second-order valence-electron chi connectivity index (χ2n) is 4.29. The molecule has 6 nitrogen and oxygen atoms in total. The Morgan fingerprint density at radius 3 is 2.67 bits per heavy atom. The maximum Gasteiger partial charge on any atom is 0.411 e.